The van der Waals surface area contributed by atoms with Gasteiger partial charge in [-0.3, -0.25) is 15.0 Å². The summed E-state index contributed by atoms with van der Waals surface area (Å²) >= 11 is 1.33. The smallest absolute Gasteiger partial charge is 0.307 e. The predicted octanol–water partition coefficient (Wildman–Crippen LogP) is 3.74. The first-order valence-electron chi connectivity index (χ1n) is 10.9. The number of rotatable bonds is 9. The van der Waals surface area contributed by atoms with Gasteiger partial charge in [-0.1, -0.05) is 18.2 Å². The van der Waals surface area contributed by atoms with Gasteiger partial charge in [0, 0.05) is 30.5 Å². The van der Waals surface area contributed by atoms with E-state index in [0.29, 0.717) is 22.7 Å². The van der Waals surface area contributed by atoms with E-state index in [4.69, 9.17) is 20.9 Å². The number of thiophene rings is 1. The molecule has 0 aliphatic carbocycles. The molecule has 0 unspecified atom stereocenters. The average molecular weight is 491 g/mol. The maximum absolute atomic E-state index is 13.4. The number of ether oxygens (including phenoxy) is 1. The summed E-state index contributed by atoms with van der Waals surface area (Å²) in [6.45, 7) is 0.713. The molecule has 4 aromatic rings. The van der Waals surface area contributed by atoms with Crippen LogP contribution in [-0.2, 0) is 23.1 Å². The minimum absolute atomic E-state index is 0.0300. The minimum atomic E-state index is -0.371. The number of nitrogens with zero attached hydrogens (tertiary/aromatic N) is 3. The highest BCUT2D eigenvalue weighted by Gasteiger charge is 2.23. The molecule has 2 aromatic carbocycles. The number of benzene rings is 2. The number of imidazole rings is 1. The van der Waals surface area contributed by atoms with Gasteiger partial charge in [0.1, 0.15) is 16.5 Å². The van der Waals surface area contributed by atoms with E-state index < -0.39 is 0 Å². The van der Waals surface area contributed by atoms with Gasteiger partial charge in [-0.15, -0.1) is 11.3 Å². The van der Waals surface area contributed by atoms with Crippen molar-refractivity contribution in [1.82, 2.24) is 9.55 Å². The molecule has 0 saturated carbocycles. The van der Waals surface area contributed by atoms with Crippen molar-refractivity contribution in [3.05, 3.63) is 76.9 Å². The van der Waals surface area contributed by atoms with E-state index in [1.54, 1.807) is 17.0 Å². The lowest BCUT2D eigenvalue weighted by Gasteiger charge is -2.21. The summed E-state index contributed by atoms with van der Waals surface area (Å²) < 4.78 is 6.71. The number of nitrogen functional groups attached to an aromatic ring is 1. The number of aryl methyl sites for hydroxylation is 1. The van der Waals surface area contributed by atoms with Crippen LogP contribution in [0.15, 0.2) is 60.7 Å². The summed E-state index contributed by atoms with van der Waals surface area (Å²) in [5, 5.41) is 10.8. The van der Waals surface area contributed by atoms with Crippen molar-refractivity contribution in [1.29, 1.82) is 5.41 Å². The fraction of sp³-hybridized carbons (Fsp3) is 0.200. The summed E-state index contributed by atoms with van der Waals surface area (Å²) in [6, 6.07) is 18.4. The SMILES string of the molecule is COC(=O)CCN(C(=O)c1cc2c(nc(CNc3ccc(C(=N)N)cc3)n2C)s1)c1ccccc1. The van der Waals surface area contributed by atoms with Crippen LogP contribution in [0.2, 0.25) is 0 Å². The zero-order valence-electron chi connectivity index (χ0n) is 19.4. The number of nitrogens with one attached hydrogen (secondary N) is 2. The molecule has 180 valence electrons. The number of carbonyl (C=O) groups is 2. The van der Waals surface area contributed by atoms with E-state index in [9.17, 15) is 9.59 Å². The van der Waals surface area contributed by atoms with Crippen molar-refractivity contribution in [2.24, 2.45) is 12.8 Å². The second-order valence-corrected chi connectivity index (χ2v) is 8.88. The third-order valence-corrected chi connectivity index (χ3v) is 6.62. The molecule has 2 aromatic heterocycles. The lowest BCUT2D eigenvalue weighted by molar-refractivity contribution is -0.140. The van der Waals surface area contributed by atoms with E-state index in [1.807, 2.05) is 60.1 Å². The number of para-hydroxylation sites is 1. The van der Waals surface area contributed by atoms with Gasteiger partial charge in [-0.05, 0) is 42.5 Å². The Kier molecular flexibility index (Phi) is 7.11. The largest absolute Gasteiger partial charge is 0.469 e. The van der Waals surface area contributed by atoms with Crippen molar-refractivity contribution in [2.45, 2.75) is 13.0 Å². The number of esters is 1. The third kappa shape index (κ3) is 5.33. The number of hydrogen-bond acceptors (Lipinski definition) is 7. The number of anilines is 2. The second kappa shape index (κ2) is 10.4. The molecule has 0 aliphatic heterocycles. The second-order valence-electron chi connectivity index (χ2n) is 7.85. The Balaban J connectivity index is 1.52. The van der Waals surface area contributed by atoms with Crippen LogP contribution in [0.25, 0.3) is 10.3 Å². The first kappa shape index (κ1) is 24.0. The van der Waals surface area contributed by atoms with Crippen molar-refractivity contribution >= 4 is 50.8 Å². The number of methoxy groups -OCH3 is 1. The molecule has 1 amide bonds. The Bertz CT molecular complexity index is 1360. The van der Waals surface area contributed by atoms with Crippen LogP contribution in [0.4, 0.5) is 11.4 Å². The van der Waals surface area contributed by atoms with E-state index in [0.717, 1.165) is 21.9 Å². The molecule has 4 N–H and O–H groups in total. The van der Waals surface area contributed by atoms with Gasteiger partial charge < -0.3 is 25.3 Å². The molecule has 2 heterocycles. The first-order chi connectivity index (χ1) is 16.9. The van der Waals surface area contributed by atoms with E-state index in [1.165, 1.54) is 18.4 Å². The number of nitrogens with two attached hydrogens (primary N) is 1. The molecule has 10 heteroatoms. The van der Waals surface area contributed by atoms with E-state index in [-0.39, 0.29) is 30.7 Å². The Labute approximate surface area is 206 Å². The molecule has 0 fully saturated rings. The van der Waals surface area contributed by atoms with Crippen molar-refractivity contribution in [3.8, 4) is 0 Å². The Morgan fingerprint density at radius 2 is 1.89 bits per heavy atom. The Morgan fingerprint density at radius 3 is 2.51 bits per heavy atom. The number of amides is 1. The molecule has 0 bridgehead atoms. The maximum Gasteiger partial charge on any atom is 0.307 e. The summed E-state index contributed by atoms with van der Waals surface area (Å²) in [7, 11) is 3.25. The van der Waals surface area contributed by atoms with Gasteiger partial charge in [-0.25, -0.2) is 4.98 Å². The van der Waals surface area contributed by atoms with Crippen LogP contribution in [0.5, 0.6) is 0 Å². The van der Waals surface area contributed by atoms with E-state index in [2.05, 4.69) is 5.32 Å². The van der Waals surface area contributed by atoms with Crippen LogP contribution in [-0.4, -0.2) is 40.9 Å². The van der Waals surface area contributed by atoms with Gasteiger partial charge in [0.25, 0.3) is 5.91 Å². The molecule has 4 rings (SSSR count). The highest BCUT2D eigenvalue weighted by Crippen LogP contribution is 2.29. The zero-order chi connectivity index (χ0) is 24.9. The molecule has 35 heavy (non-hydrogen) atoms. The van der Waals surface area contributed by atoms with Crippen LogP contribution < -0.4 is 16.0 Å². The molecular weight excluding hydrogens is 464 g/mol. The number of amidine groups is 1. The minimum Gasteiger partial charge on any atom is -0.469 e. The summed E-state index contributed by atoms with van der Waals surface area (Å²) in [4.78, 5) is 32.7. The van der Waals surface area contributed by atoms with Crippen molar-refractivity contribution in [3.63, 3.8) is 0 Å². The van der Waals surface area contributed by atoms with E-state index >= 15 is 0 Å². The molecular formula is C25H26N6O3S. The van der Waals surface area contributed by atoms with Crippen molar-refractivity contribution in [2.75, 3.05) is 23.9 Å². The van der Waals surface area contributed by atoms with Gasteiger partial charge in [0.15, 0.2) is 0 Å². The fourth-order valence-corrected chi connectivity index (χ4v) is 4.66. The van der Waals surface area contributed by atoms with Gasteiger partial charge in [0.05, 0.1) is 30.5 Å². The predicted molar refractivity (Wildman–Crippen MR) is 138 cm³/mol. The Hall–Kier alpha value is -4.18. The highest BCUT2D eigenvalue weighted by atomic mass is 32.1. The molecule has 0 aliphatic rings. The van der Waals surface area contributed by atoms with Crippen molar-refractivity contribution < 1.29 is 14.3 Å². The number of carbonyl (C=O) groups excluding carboxylic acids is 2. The molecule has 0 radical (unpaired) electrons. The monoisotopic (exact) mass is 490 g/mol. The summed E-state index contributed by atoms with van der Waals surface area (Å²) in [5.74, 6) is 0.298. The zero-order valence-corrected chi connectivity index (χ0v) is 20.3. The topological polar surface area (TPSA) is 126 Å². The van der Waals surface area contributed by atoms with Crippen LogP contribution >= 0.6 is 11.3 Å². The summed E-state index contributed by atoms with van der Waals surface area (Å²) in [6.07, 6.45) is 0.101. The lowest BCUT2D eigenvalue weighted by atomic mass is 10.2. The van der Waals surface area contributed by atoms with Crippen LogP contribution in [0.1, 0.15) is 27.5 Å². The van der Waals surface area contributed by atoms with Gasteiger partial charge >= 0.3 is 5.97 Å². The fourth-order valence-electron chi connectivity index (χ4n) is 3.63. The third-order valence-electron chi connectivity index (χ3n) is 5.61. The summed E-state index contributed by atoms with van der Waals surface area (Å²) in [5.41, 5.74) is 8.64. The quantitative estimate of drug-likeness (QED) is 0.186. The number of aromatic nitrogens is 2. The normalized spacial score (nSPS) is 10.8. The molecule has 0 saturated heterocycles. The molecule has 9 nitrogen and oxygen atoms in total. The maximum atomic E-state index is 13.4. The van der Waals surface area contributed by atoms with Crippen LogP contribution in [0, 0.1) is 5.41 Å². The lowest BCUT2D eigenvalue weighted by Crippen LogP contribution is -2.32. The average Bonchev–Trinajstić information content (AvgIpc) is 3.42. The molecule has 0 spiro atoms. The Morgan fingerprint density at radius 1 is 1.17 bits per heavy atom. The highest BCUT2D eigenvalue weighted by molar-refractivity contribution is 7.20. The number of fused-ring (bicyclic) bond motifs is 1. The molecule has 0 atom stereocenters. The standard InChI is InChI=1S/C25H26N6O3S/c1-30-19-14-20(25(33)31(13-12-22(32)34-2)18-6-4-3-5-7-18)35-24(19)29-21(30)15-28-17-10-8-16(9-11-17)23(26)27/h3-11,14,28H,12-13,15H2,1-2H3,(H3,26,27). The first-order valence-corrected chi connectivity index (χ1v) is 11.8. The van der Waals surface area contributed by atoms with Crippen LogP contribution in [0.3, 0.4) is 0 Å². The van der Waals surface area contributed by atoms with Gasteiger partial charge in [-0.2, -0.15) is 0 Å². The van der Waals surface area contributed by atoms with Gasteiger partial charge in [0.2, 0.25) is 0 Å². The number of hydrogen-bond donors (Lipinski definition) is 3.